The number of morpholine rings is 1. The molecule has 1 aliphatic rings. The minimum atomic E-state index is -0.426. The molecule has 1 aromatic rings. The summed E-state index contributed by atoms with van der Waals surface area (Å²) in [4.78, 5) is 13.9. The molecule has 1 fully saturated rings. The number of hydrogen-bond donors (Lipinski definition) is 1. The number of rotatable bonds is 2. The maximum atomic E-state index is 13.2. The summed E-state index contributed by atoms with van der Waals surface area (Å²) in [5.41, 5.74) is 5.85. The van der Waals surface area contributed by atoms with Crippen LogP contribution in [-0.2, 0) is 4.74 Å². The Bertz CT molecular complexity index is 461. The van der Waals surface area contributed by atoms with Crippen LogP contribution in [0.25, 0.3) is 0 Å². The van der Waals surface area contributed by atoms with Crippen LogP contribution in [0.3, 0.4) is 0 Å². The summed E-state index contributed by atoms with van der Waals surface area (Å²) < 4.78 is 19.2. The highest BCUT2D eigenvalue weighted by Gasteiger charge is 2.25. The van der Waals surface area contributed by atoms with Gasteiger partial charge in [0, 0.05) is 24.1 Å². The van der Waals surface area contributed by atoms with E-state index in [0.717, 1.165) is 0 Å². The summed E-state index contributed by atoms with van der Waals surface area (Å²) in [6, 6.07) is 4.08. The molecule has 0 bridgehead atoms. The number of nitrogens with zero attached hydrogens (tertiary/aromatic N) is 1. The van der Waals surface area contributed by atoms with Gasteiger partial charge in [0.05, 0.1) is 18.3 Å². The van der Waals surface area contributed by atoms with Crippen molar-refractivity contribution in [2.24, 2.45) is 5.73 Å². The zero-order valence-corrected chi connectivity index (χ0v) is 12.5. The molecule has 19 heavy (non-hydrogen) atoms. The van der Waals surface area contributed by atoms with Crippen molar-refractivity contribution >= 4 is 34.2 Å². The Morgan fingerprint density at radius 2 is 2.32 bits per heavy atom. The highest BCUT2D eigenvalue weighted by atomic mass is 79.9. The van der Waals surface area contributed by atoms with Crippen LogP contribution in [0.4, 0.5) is 4.39 Å². The first-order valence-corrected chi connectivity index (χ1v) is 6.47. The fourth-order valence-electron chi connectivity index (χ4n) is 1.88. The molecular weight excluding hydrogens is 338 g/mol. The molecule has 0 aliphatic carbocycles. The summed E-state index contributed by atoms with van der Waals surface area (Å²) in [5.74, 6) is -0.631. The van der Waals surface area contributed by atoms with Crippen LogP contribution in [0.2, 0.25) is 0 Å². The van der Waals surface area contributed by atoms with Crippen LogP contribution in [0, 0.1) is 5.82 Å². The van der Waals surface area contributed by atoms with Gasteiger partial charge in [-0.3, -0.25) is 4.79 Å². The van der Waals surface area contributed by atoms with Gasteiger partial charge in [-0.15, -0.1) is 12.4 Å². The number of ether oxygens (including phenoxy) is 1. The second kappa shape index (κ2) is 7.19. The molecule has 0 radical (unpaired) electrons. The number of halogens is 3. The van der Waals surface area contributed by atoms with Gasteiger partial charge in [-0.05, 0) is 34.1 Å². The van der Waals surface area contributed by atoms with Crippen molar-refractivity contribution in [1.82, 2.24) is 4.90 Å². The lowest BCUT2D eigenvalue weighted by Gasteiger charge is -2.32. The fraction of sp³-hybridized carbons (Fsp3) is 0.417. The van der Waals surface area contributed by atoms with Crippen molar-refractivity contribution in [3.63, 3.8) is 0 Å². The van der Waals surface area contributed by atoms with Crippen LogP contribution in [-0.4, -0.2) is 43.2 Å². The van der Waals surface area contributed by atoms with Crippen molar-refractivity contribution in [3.05, 3.63) is 34.1 Å². The van der Waals surface area contributed by atoms with Gasteiger partial charge in [0.15, 0.2) is 0 Å². The van der Waals surface area contributed by atoms with Gasteiger partial charge in [-0.2, -0.15) is 0 Å². The maximum Gasteiger partial charge on any atom is 0.255 e. The Hall–Kier alpha value is -0.690. The SMILES string of the molecule is Cl.NCC1CN(C(=O)c2cc(F)ccc2Br)CCO1. The number of carbonyl (C=O) groups is 1. The van der Waals surface area contributed by atoms with Gasteiger partial charge in [-0.1, -0.05) is 0 Å². The van der Waals surface area contributed by atoms with Crippen LogP contribution in [0.1, 0.15) is 10.4 Å². The van der Waals surface area contributed by atoms with Crippen molar-refractivity contribution in [2.45, 2.75) is 6.10 Å². The first kappa shape index (κ1) is 16.4. The molecule has 1 aromatic carbocycles. The highest BCUT2D eigenvalue weighted by Crippen LogP contribution is 2.20. The molecule has 2 N–H and O–H groups in total. The molecule has 0 saturated carbocycles. The van der Waals surface area contributed by atoms with E-state index in [4.69, 9.17) is 10.5 Å². The highest BCUT2D eigenvalue weighted by molar-refractivity contribution is 9.10. The quantitative estimate of drug-likeness (QED) is 0.882. The first-order chi connectivity index (χ1) is 8.61. The molecule has 1 aliphatic heterocycles. The average molecular weight is 354 g/mol. The van der Waals surface area contributed by atoms with E-state index in [-0.39, 0.29) is 24.4 Å². The van der Waals surface area contributed by atoms with Gasteiger partial charge in [-0.25, -0.2) is 4.39 Å². The predicted octanol–water partition coefficient (Wildman–Crippen LogP) is 1.81. The van der Waals surface area contributed by atoms with E-state index in [1.807, 2.05) is 0 Å². The van der Waals surface area contributed by atoms with Crippen LogP contribution in [0.15, 0.2) is 22.7 Å². The Balaban J connectivity index is 0.00000180. The molecule has 0 spiro atoms. The molecule has 1 amide bonds. The second-order valence-corrected chi connectivity index (χ2v) is 4.96. The third-order valence-electron chi connectivity index (χ3n) is 2.85. The lowest BCUT2D eigenvalue weighted by atomic mass is 10.1. The maximum absolute atomic E-state index is 13.2. The third-order valence-corrected chi connectivity index (χ3v) is 3.54. The number of benzene rings is 1. The van der Waals surface area contributed by atoms with E-state index in [2.05, 4.69) is 15.9 Å². The zero-order valence-electron chi connectivity index (χ0n) is 10.1. The summed E-state index contributed by atoms with van der Waals surface area (Å²) in [6.07, 6.45) is -0.143. The van der Waals surface area contributed by atoms with E-state index in [1.54, 1.807) is 4.90 Å². The van der Waals surface area contributed by atoms with Gasteiger partial charge < -0.3 is 15.4 Å². The van der Waals surface area contributed by atoms with E-state index < -0.39 is 5.82 Å². The van der Waals surface area contributed by atoms with Gasteiger partial charge >= 0.3 is 0 Å². The zero-order chi connectivity index (χ0) is 13.1. The number of carbonyl (C=O) groups excluding carboxylic acids is 1. The monoisotopic (exact) mass is 352 g/mol. The minimum Gasteiger partial charge on any atom is -0.373 e. The van der Waals surface area contributed by atoms with Crippen molar-refractivity contribution in [1.29, 1.82) is 0 Å². The first-order valence-electron chi connectivity index (χ1n) is 5.68. The van der Waals surface area contributed by atoms with E-state index in [1.165, 1.54) is 18.2 Å². The average Bonchev–Trinajstić information content (AvgIpc) is 2.41. The Morgan fingerprint density at radius 1 is 1.58 bits per heavy atom. The Morgan fingerprint density at radius 3 is 3.00 bits per heavy atom. The van der Waals surface area contributed by atoms with E-state index >= 15 is 0 Å². The lowest BCUT2D eigenvalue weighted by molar-refractivity contribution is -0.0168. The lowest BCUT2D eigenvalue weighted by Crippen LogP contribution is -2.48. The van der Waals surface area contributed by atoms with Crippen LogP contribution < -0.4 is 5.73 Å². The van der Waals surface area contributed by atoms with Crippen LogP contribution >= 0.6 is 28.3 Å². The van der Waals surface area contributed by atoms with Gasteiger partial charge in [0.2, 0.25) is 0 Å². The number of nitrogens with two attached hydrogens (primary N) is 1. The Labute approximate surface area is 125 Å². The number of hydrogen-bond acceptors (Lipinski definition) is 3. The smallest absolute Gasteiger partial charge is 0.255 e. The van der Waals surface area contributed by atoms with Crippen molar-refractivity contribution in [2.75, 3.05) is 26.2 Å². The topological polar surface area (TPSA) is 55.6 Å². The third kappa shape index (κ3) is 3.89. The predicted molar refractivity (Wildman–Crippen MR) is 76.0 cm³/mol. The molecule has 1 atom stereocenters. The molecule has 1 unspecified atom stereocenters. The fourth-order valence-corrected chi connectivity index (χ4v) is 2.29. The van der Waals surface area contributed by atoms with Gasteiger partial charge in [0.1, 0.15) is 5.82 Å². The largest absolute Gasteiger partial charge is 0.373 e. The van der Waals surface area contributed by atoms with Crippen molar-refractivity contribution in [3.8, 4) is 0 Å². The van der Waals surface area contributed by atoms with E-state index in [9.17, 15) is 9.18 Å². The molecular formula is C12H15BrClFN2O2. The number of amides is 1. The second-order valence-electron chi connectivity index (χ2n) is 4.10. The summed E-state index contributed by atoms with van der Waals surface area (Å²) in [5, 5.41) is 0. The minimum absolute atomic E-state index is 0. The molecule has 2 rings (SSSR count). The molecule has 0 aromatic heterocycles. The van der Waals surface area contributed by atoms with Crippen molar-refractivity contribution < 1.29 is 13.9 Å². The molecule has 1 saturated heterocycles. The molecule has 1 heterocycles. The molecule has 7 heteroatoms. The van der Waals surface area contributed by atoms with E-state index in [0.29, 0.717) is 36.3 Å². The molecule has 106 valence electrons. The summed E-state index contributed by atoms with van der Waals surface area (Å²) >= 11 is 3.26. The standard InChI is InChI=1S/C12H14BrFN2O2.ClH/c13-11-2-1-8(14)5-10(11)12(17)16-3-4-18-9(6-15)7-16;/h1-2,5,9H,3-4,6-7,15H2;1H. The Kier molecular flexibility index (Phi) is 6.19. The normalized spacial score (nSPS) is 18.9. The molecule has 4 nitrogen and oxygen atoms in total. The van der Waals surface area contributed by atoms with Gasteiger partial charge in [0.25, 0.3) is 5.91 Å². The van der Waals surface area contributed by atoms with Crippen LogP contribution in [0.5, 0.6) is 0 Å². The summed E-state index contributed by atoms with van der Waals surface area (Å²) in [7, 11) is 0. The summed E-state index contributed by atoms with van der Waals surface area (Å²) in [6.45, 7) is 1.77.